The van der Waals surface area contributed by atoms with Crippen LogP contribution in [0.1, 0.15) is 29.7 Å². The number of amides is 1. The zero-order valence-corrected chi connectivity index (χ0v) is 28.1. The highest BCUT2D eigenvalue weighted by atomic mass is 35.5. The number of ether oxygens (including phenoxy) is 2. The number of carboxylic acid groups (broad SMARTS) is 1. The quantitative estimate of drug-likeness (QED) is 0.245. The van der Waals surface area contributed by atoms with Crippen molar-refractivity contribution in [3.63, 3.8) is 0 Å². The fourth-order valence-corrected chi connectivity index (χ4v) is 7.70. The van der Waals surface area contributed by atoms with Crippen LogP contribution in [0.25, 0.3) is 33.6 Å². The van der Waals surface area contributed by atoms with Crippen molar-refractivity contribution in [2.45, 2.75) is 37.9 Å². The highest BCUT2D eigenvalue weighted by Gasteiger charge is 2.47. The average molecular weight is 690 g/mol. The van der Waals surface area contributed by atoms with Crippen molar-refractivity contribution in [3.8, 4) is 45.4 Å². The number of carbonyl (C=O) groups is 2. The Morgan fingerprint density at radius 3 is 2.21 bits per heavy atom. The van der Waals surface area contributed by atoms with Gasteiger partial charge in [0.15, 0.2) is 0 Å². The lowest BCUT2D eigenvalue weighted by Gasteiger charge is -2.47. The summed E-state index contributed by atoms with van der Waals surface area (Å²) < 4.78 is 11.3. The second-order valence-corrected chi connectivity index (χ2v) is 13.3. The van der Waals surface area contributed by atoms with Gasteiger partial charge in [-0.2, -0.15) is 0 Å². The number of pyridine rings is 1. The number of fused-ring (bicyclic) bond motifs is 1. The molecule has 2 N–H and O–H groups in total. The lowest BCUT2D eigenvalue weighted by Crippen LogP contribution is -2.66. The maximum atomic E-state index is 11.7. The molecule has 2 aromatic carbocycles. The number of halogens is 2. The highest BCUT2D eigenvalue weighted by molar-refractivity contribution is 6.39. The van der Waals surface area contributed by atoms with E-state index in [0.29, 0.717) is 93.6 Å². The van der Waals surface area contributed by atoms with Gasteiger partial charge in [0.25, 0.3) is 0 Å². The number of methoxy groups -OCH3 is 2. The van der Waals surface area contributed by atoms with E-state index in [4.69, 9.17) is 47.6 Å². The molecule has 2 aromatic heterocycles. The number of hydrogen-bond acceptors (Lipinski definition) is 9. The van der Waals surface area contributed by atoms with Crippen molar-refractivity contribution in [2.24, 2.45) is 0 Å². The SMILES string of the molecule is COc1nc(-c2cccc(-c3cccc(-c4cc5c(c(OC)n4)CCN(CC(=O)O)C5)c3Cl)c2Cl)cnc1CN1CC2(CCC(=O)N2)C1. The van der Waals surface area contributed by atoms with Crippen molar-refractivity contribution >= 4 is 35.1 Å². The molecule has 5 heterocycles. The number of hydrogen-bond donors (Lipinski definition) is 2. The summed E-state index contributed by atoms with van der Waals surface area (Å²) in [4.78, 5) is 41.5. The van der Waals surface area contributed by atoms with Crippen LogP contribution in [0.15, 0.2) is 48.7 Å². The minimum absolute atomic E-state index is 0.0383. The lowest BCUT2D eigenvalue weighted by atomic mass is 9.88. The molecule has 0 bridgehead atoms. The van der Waals surface area contributed by atoms with Crippen LogP contribution >= 0.6 is 23.2 Å². The summed E-state index contributed by atoms with van der Waals surface area (Å²) in [7, 11) is 3.16. The Bertz CT molecular complexity index is 1930. The first-order valence-corrected chi connectivity index (χ1v) is 16.4. The monoisotopic (exact) mass is 688 g/mol. The van der Waals surface area contributed by atoms with Gasteiger partial charge in [-0.15, -0.1) is 0 Å². The second-order valence-electron chi connectivity index (χ2n) is 12.5. The number of benzene rings is 2. The minimum Gasteiger partial charge on any atom is -0.481 e. The first-order chi connectivity index (χ1) is 23.2. The molecule has 2 fully saturated rings. The number of likely N-dealkylation sites (tertiary alicyclic amines) is 1. The fraction of sp³-hybridized carbons (Fsp3) is 0.343. The molecule has 0 unspecified atom stereocenters. The smallest absolute Gasteiger partial charge is 0.317 e. The third-order valence-electron chi connectivity index (χ3n) is 9.31. The van der Waals surface area contributed by atoms with Crippen LogP contribution in [0.5, 0.6) is 11.8 Å². The molecule has 11 nitrogen and oxygen atoms in total. The third kappa shape index (κ3) is 6.07. The lowest BCUT2D eigenvalue weighted by molar-refractivity contribution is -0.138. The van der Waals surface area contributed by atoms with Crippen molar-refractivity contribution in [1.29, 1.82) is 0 Å². The van der Waals surface area contributed by atoms with E-state index in [1.807, 2.05) is 47.4 Å². The molecule has 0 aliphatic carbocycles. The van der Waals surface area contributed by atoms with Crippen LogP contribution in [0.2, 0.25) is 10.0 Å². The van der Waals surface area contributed by atoms with Crippen molar-refractivity contribution in [1.82, 2.24) is 30.1 Å². The summed E-state index contributed by atoms with van der Waals surface area (Å²) in [6.07, 6.45) is 3.78. The predicted octanol–water partition coefficient (Wildman–Crippen LogP) is 5.10. The largest absolute Gasteiger partial charge is 0.481 e. The Hall–Kier alpha value is -4.29. The number of nitrogens with one attached hydrogen (secondary N) is 1. The molecule has 4 aromatic rings. The van der Waals surface area contributed by atoms with Gasteiger partial charge in [-0.25, -0.2) is 9.97 Å². The Labute approximate surface area is 287 Å². The summed E-state index contributed by atoms with van der Waals surface area (Å²) in [6.45, 7) is 3.15. The van der Waals surface area contributed by atoms with Gasteiger partial charge < -0.3 is 19.9 Å². The zero-order chi connectivity index (χ0) is 33.6. The van der Waals surface area contributed by atoms with E-state index in [0.717, 1.165) is 30.6 Å². The molecule has 48 heavy (non-hydrogen) atoms. The number of carboxylic acids is 1. The van der Waals surface area contributed by atoms with Crippen molar-refractivity contribution in [3.05, 3.63) is 75.5 Å². The topological polar surface area (TPSA) is 130 Å². The number of aliphatic carboxylic acids is 1. The molecule has 1 spiro atoms. The summed E-state index contributed by atoms with van der Waals surface area (Å²) in [5, 5.41) is 13.4. The average Bonchev–Trinajstić information content (AvgIpc) is 3.45. The Kier molecular flexibility index (Phi) is 8.71. The normalized spacial score (nSPS) is 17.1. The second kappa shape index (κ2) is 13.0. The fourth-order valence-electron chi connectivity index (χ4n) is 7.05. The molecule has 0 radical (unpaired) electrons. The number of carbonyl (C=O) groups excluding carboxylic acids is 1. The standard InChI is InChI=1S/C35H34Cl2N6O5/c1-47-33-21-10-12-42(17-30(45)46)15-20(21)13-26(39-33)24-7-3-5-22(31(24)36)23-6-4-8-25(32(23)37)27-14-38-28(34(40-27)48-2)16-43-18-35(19-43)11-9-29(44)41-35/h3-8,13-14H,9-12,15-19H2,1-2H3,(H,41,44)(H,45,46). The Morgan fingerprint density at radius 1 is 0.938 bits per heavy atom. The molecule has 3 aliphatic rings. The van der Waals surface area contributed by atoms with Gasteiger partial charge in [-0.1, -0.05) is 59.6 Å². The van der Waals surface area contributed by atoms with Gasteiger partial charge >= 0.3 is 5.97 Å². The Morgan fingerprint density at radius 2 is 1.58 bits per heavy atom. The van der Waals surface area contributed by atoms with Crippen molar-refractivity contribution < 1.29 is 24.2 Å². The molecular formula is C35H34Cl2N6O5. The maximum Gasteiger partial charge on any atom is 0.317 e. The van der Waals surface area contributed by atoms with Crippen LogP contribution in [-0.2, 0) is 29.1 Å². The molecular weight excluding hydrogens is 655 g/mol. The number of rotatable bonds is 9. The van der Waals surface area contributed by atoms with E-state index in [1.54, 1.807) is 20.4 Å². The van der Waals surface area contributed by atoms with E-state index in [-0.39, 0.29) is 18.0 Å². The molecule has 0 atom stereocenters. The molecule has 248 valence electrons. The Balaban J connectivity index is 1.17. The van der Waals surface area contributed by atoms with E-state index in [1.165, 1.54) is 0 Å². The first-order valence-electron chi connectivity index (χ1n) is 15.7. The van der Waals surface area contributed by atoms with Crippen LogP contribution in [0.4, 0.5) is 0 Å². The van der Waals surface area contributed by atoms with E-state index >= 15 is 0 Å². The van der Waals surface area contributed by atoms with Crippen molar-refractivity contribution in [2.75, 3.05) is 40.4 Å². The number of nitrogens with zero attached hydrogens (tertiary/aromatic N) is 5. The molecule has 7 rings (SSSR count). The zero-order valence-electron chi connectivity index (χ0n) is 26.6. The summed E-state index contributed by atoms with van der Waals surface area (Å²) >= 11 is 14.2. The van der Waals surface area contributed by atoms with Gasteiger partial charge in [0.1, 0.15) is 5.69 Å². The molecule has 3 aliphatic heterocycles. The van der Waals surface area contributed by atoms with Crippen LogP contribution < -0.4 is 14.8 Å². The van der Waals surface area contributed by atoms with Gasteiger partial charge in [-0.3, -0.25) is 24.4 Å². The van der Waals surface area contributed by atoms with E-state index in [2.05, 4.69) is 10.2 Å². The summed E-state index contributed by atoms with van der Waals surface area (Å²) in [6, 6.07) is 13.3. The van der Waals surface area contributed by atoms with Crippen LogP contribution in [0, 0.1) is 0 Å². The molecule has 0 saturated carbocycles. The summed E-state index contributed by atoms with van der Waals surface area (Å²) in [5.41, 5.74) is 6.52. The van der Waals surface area contributed by atoms with E-state index < -0.39 is 5.97 Å². The maximum absolute atomic E-state index is 11.7. The number of aromatic nitrogens is 3. The van der Waals surface area contributed by atoms with E-state index in [9.17, 15) is 14.7 Å². The van der Waals surface area contributed by atoms with Gasteiger partial charge in [0.2, 0.25) is 17.7 Å². The molecule has 1 amide bonds. The van der Waals surface area contributed by atoms with Crippen LogP contribution in [-0.4, -0.2) is 87.7 Å². The highest BCUT2D eigenvalue weighted by Crippen LogP contribution is 2.43. The molecule has 13 heteroatoms. The van der Waals surface area contributed by atoms with Gasteiger partial charge in [-0.05, 0) is 24.5 Å². The molecule has 2 saturated heterocycles. The third-order valence-corrected chi connectivity index (χ3v) is 10.1. The summed E-state index contributed by atoms with van der Waals surface area (Å²) in [5.74, 6) is 0.176. The van der Waals surface area contributed by atoms with Gasteiger partial charge in [0.05, 0.1) is 53.9 Å². The predicted molar refractivity (Wildman–Crippen MR) is 181 cm³/mol. The van der Waals surface area contributed by atoms with Gasteiger partial charge in [0, 0.05) is 67.0 Å². The van der Waals surface area contributed by atoms with Crippen LogP contribution in [0.3, 0.4) is 0 Å². The first kappa shape index (κ1) is 32.3. The minimum atomic E-state index is -0.865.